The molecule has 0 radical (unpaired) electrons. The van der Waals surface area contributed by atoms with Crippen LogP contribution in [-0.2, 0) is 29.2 Å². The molecule has 2 N–H and O–H groups in total. The number of hydrogen-bond acceptors (Lipinski definition) is 6. The Kier molecular flexibility index (Phi) is 6.61. The first-order chi connectivity index (χ1) is 7.37. The molecule has 0 saturated carbocycles. The zero-order chi connectivity index (χ0) is 12.6. The maximum Gasteiger partial charge on any atom is 0.331 e. The second-order valence-corrected chi connectivity index (χ2v) is 4.44. The van der Waals surface area contributed by atoms with Gasteiger partial charge in [-0.2, -0.15) is 0 Å². The van der Waals surface area contributed by atoms with Gasteiger partial charge in [0.15, 0.2) is 6.61 Å². The first kappa shape index (κ1) is 14.8. The predicted molar refractivity (Wildman–Crippen MR) is 51.8 cm³/mol. The smallest absolute Gasteiger partial charge is 0.331 e. The number of nitrogens with one attached hydrogen (secondary N) is 1. The number of sulfonamides is 1. The minimum absolute atomic E-state index is 0.168. The summed E-state index contributed by atoms with van der Waals surface area (Å²) >= 11 is 0. The summed E-state index contributed by atoms with van der Waals surface area (Å²) in [6.45, 7) is 0.973. The van der Waals surface area contributed by atoms with Gasteiger partial charge >= 0.3 is 11.9 Å². The number of carboxylic acids is 1. The Morgan fingerprint density at radius 2 is 2.00 bits per heavy atom. The highest BCUT2D eigenvalue weighted by Gasteiger charge is 2.14. The zero-order valence-electron chi connectivity index (χ0n) is 8.63. The van der Waals surface area contributed by atoms with Crippen molar-refractivity contribution in [2.24, 2.45) is 0 Å². The Morgan fingerprint density at radius 3 is 2.50 bits per heavy atom. The first-order valence-corrected chi connectivity index (χ1v) is 6.01. The van der Waals surface area contributed by atoms with E-state index in [2.05, 4.69) is 9.57 Å². The van der Waals surface area contributed by atoms with Crippen LogP contribution in [0.3, 0.4) is 0 Å². The summed E-state index contributed by atoms with van der Waals surface area (Å²) in [7, 11) is -3.83. The molecular formula is C7H13NO7S. The predicted octanol–water partition coefficient (Wildman–Crippen LogP) is -1.12. The van der Waals surface area contributed by atoms with Crippen LogP contribution in [0.5, 0.6) is 0 Å². The summed E-state index contributed by atoms with van der Waals surface area (Å²) in [5, 5.41) is 8.16. The van der Waals surface area contributed by atoms with Crippen LogP contribution in [0.25, 0.3) is 0 Å². The summed E-state index contributed by atoms with van der Waals surface area (Å²) in [4.78, 5) is 26.6. The third kappa shape index (κ3) is 8.15. The largest absolute Gasteiger partial charge is 0.479 e. The fraction of sp³-hybridized carbons (Fsp3) is 0.714. The number of esters is 1. The molecule has 0 bridgehead atoms. The molecule has 16 heavy (non-hydrogen) atoms. The van der Waals surface area contributed by atoms with Crippen molar-refractivity contribution >= 4 is 22.0 Å². The van der Waals surface area contributed by atoms with Crippen molar-refractivity contribution in [2.45, 2.75) is 13.3 Å². The van der Waals surface area contributed by atoms with Crippen molar-refractivity contribution in [3.8, 4) is 0 Å². The molecule has 9 heteroatoms. The third-order valence-electron chi connectivity index (χ3n) is 1.26. The molecule has 0 fully saturated rings. The number of carbonyl (C=O) groups excluding carboxylic acids is 1. The number of aliphatic carboxylic acids is 1. The first-order valence-electron chi connectivity index (χ1n) is 4.36. The zero-order valence-corrected chi connectivity index (χ0v) is 9.45. The van der Waals surface area contributed by atoms with Gasteiger partial charge in [0.1, 0.15) is 0 Å². The summed E-state index contributed by atoms with van der Waals surface area (Å²) in [5.41, 5.74) is 0. The Hall–Kier alpha value is -1.19. The molecule has 0 aliphatic carbocycles. The molecule has 0 unspecified atom stereocenters. The Morgan fingerprint density at radius 1 is 1.38 bits per heavy atom. The lowest BCUT2D eigenvalue weighted by Crippen LogP contribution is -2.30. The molecule has 0 amide bonds. The van der Waals surface area contributed by atoms with E-state index in [4.69, 9.17) is 5.11 Å². The number of carboxylic acid groups (broad SMARTS) is 1. The second-order valence-electron chi connectivity index (χ2n) is 2.64. The van der Waals surface area contributed by atoms with Gasteiger partial charge in [-0.3, -0.25) is 9.63 Å². The van der Waals surface area contributed by atoms with E-state index in [1.807, 2.05) is 0 Å². The van der Waals surface area contributed by atoms with E-state index in [1.54, 1.807) is 11.8 Å². The van der Waals surface area contributed by atoms with Crippen LogP contribution < -0.4 is 4.89 Å². The van der Waals surface area contributed by atoms with Gasteiger partial charge in [-0.25, -0.2) is 13.2 Å². The van der Waals surface area contributed by atoms with Crippen LogP contribution in [0.2, 0.25) is 0 Å². The van der Waals surface area contributed by atoms with Crippen molar-refractivity contribution in [3.05, 3.63) is 0 Å². The van der Waals surface area contributed by atoms with Gasteiger partial charge in [0, 0.05) is 0 Å². The molecule has 0 aromatic heterocycles. The molecular weight excluding hydrogens is 242 g/mol. The summed E-state index contributed by atoms with van der Waals surface area (Å²) < 4.78 is 26.7. The van der Waals surface area contributed by atoms with Crippen molar-refractivity contribution in [2.75, 3.05) is 19.0 Å². The van der Waals surface area contributed by atoms with E-state index in [1.165, 1.54) is 0 Å². The van der Waals surface area contributed by atoms with Crippen LogP contribution in [0, 0.1) is 0 Å². The highest BCUT2D eigenvalue weighted by Crippen LogP contribution is 1.93. The van der Waals surface area contributed by atoms with Gasteiger partial charge in [0.05, 0.1) is 18.8 Å². The average Bonchev–Trinajstić information content (AvgIpc) is 2.14. The lowest BCUT2D eigenvalue weighted by atomic mass is 10.5. The maximum atomic E-state index is 11.1. The van der Waals surface area contributed by atoms with Crippen molar-refractivity contribution < 1.29 is 32.7 Å². The number of carbonyl (C=O) groups is 2. The van der Waals surface area contributed by atoms with E-state index in [-0.39, 0.29) is 13.0 Å². The number of hydrogen-bond donors (Lipinski definition) is 2. The summed E-state index contributed by atoms with van der Waals surface area (Å²) in [5.74, 6) is -2.48. The lowest BCUT2D eigenvalue weighted by Gasteiger charge is -2.05. The monoisotopic (exact) mass is 255 g/mol. The molecule has 0 heterocycles. The molecule has 0 atom stereocenters. The Labute approximate surface area is 92.5 Å². The van der Waals surface area contributed by atoms with E-state index in [0.29, 0.717) is 0 Å². The van der Waals surface area contributed by atoms with Crippen molar-refractivity contribution in [1.29, 1.82) is 0 Å². The Balaban J connectivity index is 3.87. The topological polar surface area (TPSA) is 119 Å². The SMILES string of the molecule is CCOC(=O)CCS(=O)(=O)NOCC(=O)O. The molecule has 94 valence electrons. The van der Waals surface area contributed by atoms with Gasteiger partial charge in [0.2, 0.25) is 10.0 Å². The molecule has 0 aliphatic heterocycles. The van der Waals surface area contributed by atoms with Gasteiger partial charge < -0.3 is 9.84 Å². The van der Waals surface area contributed by atoms with Crippen LogP contribution >= 0.6 is 0 Å². The van der Waals surface area contributed by atoms with Gasteiger partial charge in [0.25, 0.3) is 0 Å². The minimum atomic E-state index is -3.83. The van der Waals surface area contributed by atoms with Crippen LogP contribution in [0.4, 0.5) is 0 Å². The Bertz CT molecular complexity index is 337. The fourth-order valence-electron chi connectivity index (χ4n) is 0.674. The van der Waals surface area contributed by atoms with E-state index in [9.17, 15) is 18.0 Å². The number of ether oxygens (including phenoxy) is 1. The molecule has 0 aromatic rings. The quantitative estimate of drug-likeness (QED) is 0.416. The fourth-order valence-corrected chi connectivity index (χ4v) is 1.43. The highest BCUT2D eigenvalue weighted by atomic mass is 32.2. The average molecular weight is 255 g/mol. The maximum absolute atomic E-state index is 11.1. The van der Waals surface area contributed by atoms with Crippen LogP contribution in [0.1, 0.15) is 13.3 Å². The summed E-state index contributed by atoms with van der Waals surface area (Å²) in [6, 6.07) is 0. The van der Waals surface area contributed by atoms with Crippen molar-refractivity contribution in [3.63, 3.8) is 0 Å². The van der Waals surface area contributed by atoms with Gasteiger partial charge in [-0.15, -0.1) is 0 Å². The minimum Gasteiger partial charge on any atom is -0.479 e. The van der Waals surface area contributed by atoms with Crippen LogP contribution in [-0.4, -0.2) is 44.4 Å². The van der Waals surface area contributed by atoms with Gasteiger partial charge in [-0.1, -0.05) is 4.89 Å². The van der Waals surface area contributed by atoms with Crippen molar-refractivity contribution in [1.82, 2.24) is 4.89 Å². The molecule has 0 rings (SSSR count). The standard InChI is InChI=1S/C7H13NO7S/c1-2-14-7(11)3-4-16(12,13)8-15-5-6(9)10/h8H,2-5H2,1H3,(H,9,10). The second kappa shape index (κ2) is 7.14. The van der Waals surface area contributed by atoms with E-state index in [0.717, 1.165) is 0 Å². The molecule has 8 nitrogen and oxygen atoms in total. The van der Waals surface area contributed by atoms with Gasteiger partial charge in [-0.05, 0) is 6.92 Å². The molecule has 0 spiro atoms. The van der Waals surface area contributed by atoms with Crippen LogP contribution in [0.15, 0.2) is 0 Å². The lowest BCUT2D eigenvalue weighted by molar-refractivity contribution is -0.144. The summed E-state index contributed by atoms with van der Waals surface area (Å²) in [6.07, 6.45) is -0.320. The molecule has 0 aromatic carbocycles. The molecule has 0 aliphatic rings. The number of rotatable bonds is 8. The highest BCUT2D eigenvalue weighted by molar-refractivity contribution is 7.89. The molecule has 0 saturated heterocycles. The van der Waals surface area contributed by atoms with E-state index >= 15 is 0 Å². The van der Waals surface area contributed by atoms with E-state index < -0.39 is 34.3 Å². The third-order valence-corrected chi connectivity index (χ3v) is 2.38. The normalized spacial score (nSPS) is 11.1.